The van der Waals surface area contributed by atoms with Gasteiger partial charge < -0.3 is 11.1 Å². The topological polar surface area (TPSA) is 38.0 Å². The molecule has 3 N–H and O–H groups in total. The summed E-state index contributed by atoms with van der Waals surface area (Å²) in [6.07, 6.45) is 7.49. The van der Waals surface area contributed by atoms with Crippen LogP contribution in [-0.4, -0.2) is 18.6 Å². The predicted molar refractivity (Wildman–Crippen MR) is 66.9 cm³/mol. The van der Waals surface area contributed by atoms with Crippen LogP contribution in [0.3, 0.4) is 0 Å². The molecule has 1 aliphatic carbocycles. The van der Waals surface area contributed by atoms with Gasteiger partial charge in [-0.05, 0) is 37.6 Å². The average Bonchev–Trinajstić information content (AvgIpc) is 2.61. The van der Waals surface area contributed by atoms with E-state index in [0.29, 0.717) is 5.41 Å². The highest BCUT2D eigenvalue weighted by molar-refractivity contribution is 4.89. The summed E-state index contributed by atoms with van der Waals surface area (Å²) in [6.45, 7) is 9.07. The Kier molecular flexibility index (Phi) is 4.60. The molecule has 1 saturated carbocycles. The zero-order chi connectivity index (χ0) is 11.4. The van der Waals surface area contributed by atoms with Crippen LogP contribution in [0.25, 0.3) is 0 Å². The molecule has 2 heteroatoms. The van der Waals surface area contributed by atoms with Crippen LogP contribution in [0.2, 0.25) is 0 Å². The Bertz CT molecular complexity index is 181. The molecule has 0 amide bonds. The molecule has 1 rings (SSSR count). The van der Waals surface area contributed by atoms with Gasteiger partial charge in [0.2, 0.25) is 0 Å². The lowest BCUT2D eigenvalue weighted by Gasteiger charge is -2.26. The minimum atomic E-state index is 0.156. The summed E-state index contributed by atoms with van der Waals surface area (Å²) in [5.74, 6) is 0. The summed E-state index contributed by atoms with van der Waals surface area (Å²) in [5, 5.41) is 3.55. The van der Waals surface area contributed by atoms with Gasteiger partial charge in [0.25, 0.3) is 0 Å². The molecule has 0 aromatic carbocycles. The minimum Gasteiger partial charge on any atom is -0.325 e. The molecule has 2 nitrogen and oxygen atoms in total. The van der Waals surface area contributed by atoms with E-state index in [1.807, 2.05) is 0 Å². The highest BCUT2D eigenvalue weighted by Gasteiger charge is 2.28. The first-order valence-corrected chi connectivity index (χ1v) is 6.47. The third-order valence-corrected chi connectivity index (χ3v) is 3.96. The molecule has 0 atom stereocenters. The summed E-state index contributed by atoms with van der Waals surface area (Å²) in [6, 6.07) is 0. The standard InChI is InChI=1S/C13H28N2/c1-4-12(2,3)11-15-10-9-13(14)7-5-6-8-13/h15H,4-11,14H2,1-3H3. The quantitative estimate of drug-likeness (QED) is 0.664. The van der Waals surface area contributed by atoms with E-state index in [0.717, 1.165) is 19.5 Å². The summed E-state index contributed by atoms with van der Waals surface area (Å²) >= 11 is 0. The molecule has 0 aliphatic heterocycles. The van der Waals surface area contributed by atoms with Gasteiger partial charge in [-0.2, -0.15) is 0 Å². The highest BCUT2D eigenvalue weighted by Crippen LogP contribution is 2.29. The smallest absolute Gasteiger partial charge is 0.0166 e. The fraction of sp³-hybridized carbons (Fsp3) is 1.00. The van der Waals surface area contributed by atoms with Gasteiger partial charge in [0.1, 0.15) is 0 Å². The first-order valence-electron chi connectivity index (χ1n) is 6.47. The van der Waals surface area contributed by atoms with Gasteiger partial charge in [0, 0.05) is 12.1 Å². The molecule has 1 aliphatic rings. The van der Waals surface area contributed by atoms with Crippen LogP contribution in [0.5, 0.6) is 0 Å². The number of nitrogens with one attached hydrogen (secondary N) is 1. The summed E-state index contributed by atoms with van der Waals surface area (Å²) in [5.41, 5.74) is 6.89. The van der Waals surface area contributed by atoms with Gasteiger partial charge in [-0.3, -0.25) is 0 Å². The van der Waals surface area contributed by atoms with Crippen molar-refractivity contribution in [3.05, 3.63) is 0 Å². The Morgan fingerprint density at radius 1 is 1.27 bits per heavy atom. The van der Waals surface area contributed by atoms with E-state index in [1.54, 1.807) is 0 Å². The fourth-order valence-corrected chi connectivity index (χ4v) is 2.22. The average molecular weight is 212 g/mol. The molecule has 0 aromatic rings. The second-order valence-corrected chi connectivity index (χ2v) is 6.01. The van der Waals surface area contributed by atoms with Crippen molar-refractivity contribution in [2.45, 2.75) is 64.8 Å². The second kappa shape index (κ2) is 5.31. The Labute approximate surface area is 95.0 Å². The third kappa shape index (κ3) is 4.52. The van der Waals surface area contributed by atoms with Crippen LogP contribution in [-0.2, 0) is 0 Å². The van der Waals surface area contributed by atoms with Crippen LogP contribution in [0.15, 0.2) is 0 Å². The van der Waals surface area contributed by atoms with Crippen LogP contribution in [0, 0.1) is 5.41 Å². The van der Waals surface area contributed by atoms with Crippen molar-refractivity contribution in [1.29, 1.82) is 0 Å². The lowest BCUT2D eigenvalue weighted by Crippen LogP contribution is -2.40. The van der Waals surface area contributed by atoms with Crippen molar-refractivity contribution in [3.8, 4) is 0 Å². The van der Waals surface area contributed by atoms with E-state index in [-0.39, 0.29) is 5.54 Å². The minimum absolute atomic E-state index is 0.156. The Hall–Kier alpha value is -0.0800. The van der Waals surface area contributed by atoms with Gasteiger partial charge >= 0.3 is 0 Å². The SMILES string of the molecule is CCC(C)(C)CNCCC1(N)CCCC1. The molecule has 0 radical (unpaired) electrons. The zero-order valence-electron chi connectivity index (χ0n) is 10.7. The number of nitrogens with two attached hydrogens (primary N) is 1. The molecule has 0 saturated heterocycles. The fourth-order valence-electron chi connectivity index (χ4n) is 2.22. The molecular weight excluding hydrogens is 184 g/mol. The van der Waals surface area contributed by atoms with E-state index in [9.17, 15) is 0 Å². The van der Waals surface area contributed by atoms with Crippen molar-refractivity contribution in [3.63, 3.8) is 0 Å². The molecule has 90 valence electrons. The maximum Gasteiger partial charge on any atom is 0.0166 e. The number of hydrogen-bond donors (Lipinski definition) is 2. The molecule has 0 unspecified atom stereocenters. The van der Waals surface area contributed by atoms with Gasteiger partial charge in [0.05, 0.1) is 0 Å². The molecule has 0 spiro atoms. The Balaban J connectivity index is 2.11. The molecule has 0 heterocycles. The van der Waals surface area contributed by atoms with Crippen molar-refractivity contribution in [2.75, 3.05) is 13.1 Å². The largest absolute Gasteiger partial charge is 0.325 e. The normalized spacial score (nSPS) is 20.8. The number of rotatable bonds is 6. The van der Waals surface area contributed by atoms with Gasteiger partial charge in [0.15, 0.2) is 0 Å². The Morgan fingerprint density at radius 3 is 2.40 bits per heavy atom. The summed E-state index contributed by atoms with van der Waals surface area (Å²) in [7, 11) is 0. The summed E-state index contributed by atoms with van der Waals surface area (Å²) in [4.78, 5) is 0. The Morgan fingerprint density at radius 2 is 1.87 bits per heavy atom. The highest BCUT2D eigenvalue weighted by atomic mass is 14.9. The van der Waals surface area contributed by atoms with Crippen molar-refractivity contribution in [2.24, 2.45) is 11.1 Å². The summed E-state index contributed by atoms with van der Waals surface area (Å²) < 4.78 is 0. The lowest BCUT2D eigenvalue weighted by molar-refractivity contribution is 0.313. The first-order chi connectivity index (χ1) is 6.97. The van der Waals surface area contributed by atoms with Crippen molar-refractivity contribution >= 4 is 0 Å². The van der Waals surface area contributed by atoms with Crippen LogP contribution in [0.4, 0.5) is 0 Å². The lowest BCUT2D eigenvalue weighted by atomic mass is 9.90. The van der Waals surface area contributed by atoms with E-state index in [1.165, 1.54) is 32.1 Å². The van der Waals surface area contributed by atoms with Gasteiger partial charge in [-0.1, -0.05) is 33.6 Å². The zero-order valence-corrected chi connectivity index (χ0v) is 10.7. The van der Waals surface area contributed by atoms with Gasteiger partial charge in [-0.15, -0.1) is 0 Å². The van der Waals surface area contributed by atoms with Gasteiger partial charge in [-0.25, -0.2) is 0 Å². The molecule has 0 aromatic heterocycles. The molecular formula is C13H28N2. The molecule has 15 heavy (non-hydrogen) atoms. The van der Waals surface area contributed by atoms with E-state index in [4.69, 9.17) is 5.73 Å². The van der Waals surface area contributed by atoms with E-state index < -0.39 is 0 Å². The monoisotopic (exact) mass is 212 g/mol. The first kappa shape index (κ1) is 13.0. The van der Waals surface area contributed by atoms with Crippen molar-refractivity contribution < 1.29 is 0 Å². The second-order valence-electron chi connectivity index (χ2n) is 6.01. The van der Waals surface area contributed by atoms with Crippen LogP contribution < -0.4 is 11.1 Å². The van der Waals surface area contributed by atoms with E-state index >= 15 is 0 Å². The molecule has 1 fully saturated rings. The third-order valence-electron chi connectivity index (χ3n) is 3.96. The van der Waals surface area contributed by atoms with Crippen LogP contribution in [0.1, 0.15) is 59.3 Å². The van der Waals surface area contributed by atoms with Crippen LogP contribution >= 0.6 is 0 Å². The maximum atomic E-state index is 6.30. The number of hydrogen-bond acceptors (Lipinski definition) is 2. The van der Waals surface area contributed by atoms with E-state index in [2.05, 4.69) is 26.1 Å². The molecule has 0 bridgehead atoms. The predicted octanol–water partition coefficient (Wildman–Crippen LogP) is 2.67. The maximum absolute atomic E-state index is 6.30. The van der Waals surface area contributed by atoms with Crippen molar-refractivity contribution in [1.82, 2.24) is 5.32 Å².